The Hall–Kier alpha value is 0.840. The fraction of sp³-hybridized carbons (Fsp3) is 0.632. The minimum Gasteiger partial charge on any atom is -0.455 e. The minimum absolute atomic E-state index is 0.145. The summed E-state index contributed by atoms with van der Waals surface area (Å²) in [6.07, 6.45) is 7.11. The second-order valence-electron chi connectivity index (χ2n) is 7.33. The molecule has 3 nitrogen and oxygen atoms in total. The Morgan fingerprint density at radius 3 is 2.32 bits per heavy atom. The van der Waals surface area contributed by atoms with E-state index >= 15 is 0 Å². The molecular formula is C19H24I3NO2. The zero-order chi connectivity index (χ0) is 18.0. The van der Waals surface area contributed by atoms with E-state index in [1.807, 2.05) is 6.07 Å². The van der Waals surface area contributed by atoms with Crippen LogP contribution in [0, 0.1) is 22.5 Å². The molecule has 3 rings (SSSR count). The lowest BCUT2D eigenvalue weighted by molar-refractivity contribution is -0.0820. The molecule has 25 heavy (non-hydrogen) atoms. The summed E-state index contributed by atoms with van der Waals surface area (Å²) in [4.78, 5) is 13.1. The zero-order valence-corrected chi connectivity index (χ0v) is 20.9. The predicted octanol–water partition coefficient (Wildman–Crippen LogP) is 5.61. The second-order valence-corrected chi connectivity index (χ2v) is 10.8. The average molecular weight is 679 g/mol. The van der Waals surface area contributed by atoms with Crippen molar-refractivity contribution in [1.29, 1.82) is 0 Å². The number of benzene rings is 1. The fourth-order valence-electron chi connectivity index (χ4n) is 4.35. The third kappa shape index (κ3) is 4.64. The molecule has 0 amide bonds. The predicted molar refractivity (Wildman–Crippen MR) is 126 cm³/mol. The van der Waals surface area contributed by atoms with E-state index in [2.05, 4.69) is 86.1 Å². The number of esters is 1. The third-order valence-corrected chi connectivity index (χ3v) is 9.51. The van der Waals surface area contributed by atoms with Gasteiger partial charge in [-0.3, -0.25) is 0 Å². The zero-order valence-electron chi connectivity index (χ0n) is 14.4. The van der Waals surface area contributed by atoms with Gasteiger partial charge in [0.2, 0.25) is 0 Å². The molecule has 1 heterocycles. The summed E-state index contributed by atoms with van der Waals surface area (Å²) in [6.45, 7) is 4.27. The SMILES string of the molecule is CC(OC(=O)c1cc(I)cc(I)c1I)(C1CCCC1)C1CCNCC1. The van der Waals surface area contributed by atoms with Gasteiger partial charge in [0, 0.05) is 16.6 Å². The number of rotatable bonds is 4. The molecule has 1 saturated carbocycles. The standard InChI is InChI=1S/C19H24I3NO2/c1-19(12-4-2-3-5-12,13-6-8-23-9-7-13)25-18(24)15-10-14(20)11-16(21)17(15)22/h10-13,23H,2-9H2,1H3. The first-order valence-corrected chi connectivity index (χ1v) is 12.2. The molecule has 1 aliphatic heterocycles. The van der Waals surface area contributed by atoms with Gasteiger partial charge in [0.05, 0.1) is 5.56 Å². The summed E-state index contributed by atoms with van der Waals surface area (Å²) < 4.78 is 9.56. The number of hydrogen-bond acceptors (Lipinski definition) is 3. The van der Waals surface area contributed by atoms with Crippen LogP contribution in [0.25, 0.3) is 0 Å². The van der Waals surface area contributed by atoms with E-state index in [9.17, 15) is 4.79 Å². The Kier molecular flexibility index (Phi) is 7.32. The van der Waals surface area contributed by atoms with Crippen LogP contribution in [0.1, 0.15) is 55.8 Å². The summed E-state index contributed by atoms with van der Waals surface area (Å²) in [6, 6.07) is 4.06. The Bertz CT molecular complexity index is 640. The molecule has 0 radical (unpaired) electrons. The van der Waals surface area contributed by atoms with Crippen molar-refractivity contribution in [1.82, 2.24) is 5.32 Å². The Morgan fingerprint density at radius 2 is 1.68 bits per heavy atom. The lowest BCUT2D eigenvalue weighted by Crippen LogP contribution is -2.49. The molecule has 1 unspecified atom stereocenters. The number of halogens is 3. The molecule has 1 aliphatic carbocycles. The number of ether oxygens (including phenoxy) is 1. The normalized spacial score (nSPS) is 21.9. The smallest absolute Gasteiger partial charge is 0.339 e. The van der Waals surface area contributed by atoms with Gasteiger partial charge in [0.15, 0.2) is 0 Å². The molecule has 1 saturated heterocycles. The maximum absolute atomic E-state index is 13.1. The van der Waals surface area contributed by atoms with Crippen LogP contribution in [0.4, 0.5) is 0 Å². The van der Waals surface area contributed by atoms with Gasteiger partial charge in [-0.15, -0.1) is 0 Å². The van der Waals surface area contributed by atoms with Crippen LogP contribution >= 0.6 is 67.8 Å². The van der Waals surface area contributed by atoms with Gasteiger partial charge in [-0.05, 0) is 132 Å². The van der Waals surface area contributed by atoms with Crippen LogP contribution in [0.5, 0.6) is 0 Å². The average Bonchev–Trinajstić information content (AvgIpc) is 3.14. The molecule has 2 fully saturated rings. The summed E-state index contributed by atoms with van der Waals surface area (Å²) in [5.74, 6) is 0.813. The molecular weight excluding hydrogens is 655 g/mol. The second kappa shape index (κ2) is 8.89. The van der Waals surface area contributed by atoms with Crippen LogP contribution in [0.3, 0.4) is 0 Å². The Balaban J connectivity index is 1.88. The van der Waals surface area contributed by atoms with Gasteiger partial charge in [-0.25, -0.2) is 4.79 Å². The molecule has 1 aromatic carbocycles. The van der Waals surface area contributed by atoms with Crippen molar-refractivity contribution in [2.45, 2.75) is 51.0 Å². The van der Waals surface area contributed by atoms with Crippen molar-refractivity contribution in [3.05, 3.63) is 28.4 Å². The largest absolute Gasteiger partial charge is 0.455 e. The first kappa shape index (κ1) is 20.6. The number of hydrogen-bond donors (Lipinski definition) is 1. The molecule has 0 aromatic heterocycles. The topological polar surface area (TPSA) is 38.3 Å². The van der Waals surface area contributed by atoms with Crippen LogP contribution in [0.15, 0.2) is 12.1 Å². The fourth-order valence-corrected chi connectivity index (χ4v) is 6.73. The molecule has 1 aromatic rings. The highest BCUT2D eigenvalue weighted by Crippen LogP contribution is 2.44. The highest BCUT2D eigenvalue weighted by Gasteiger charge is 2.46. The molecule has 2 aliphatic rings. The number of carbonyl (C=O) groups is 1. The first-order valence-electron chi connectivity index (χ1n) is 9.00. The van der Waals surface area contributed by atoms with Gasteiger partial charge < -0.3 is 10.1 Å². The van der Waals surface area contributed by atoms with Crippen molar-refractivity contribution in [2.24, 2.45) is 11.8 Å². The van der Waals surface area contributed by atoms with E-state index in [0.29, 0.717) is 11.8 Å². The van der Waals surface area contributed by atoms with Crippen LogP contribution < -0.4 is 5.32 Å². The Labute approximate surface area is 191 Å². The summed E-state index contributed by atoms with van der Waals surface area (Å²) in [5.41, 5.74) is 0.376. The first-order chi connectivity index (χ1) is 11.9. The maximum atomic E-state index is 13.1. The lowest BCUT2D eigenvalue weighted by atomic mass is 9.73. The van der Waals surface area contributed by atoms with Crippen molar-refractivity contribution in [3.63, 3.8) is 0 Å². The van der Waals surface area contributed by atoms with Gasteiger partial charge in [0.25, 0.3) is 0 Å². The maximum Gasteiger partial charge on any atom is 0.339 e. The number of nitrogens with one attached hydrogen (secondary N) is 1. The van der Waals surface area contributed by atoms with Crippen molar-refractivity contribution >= 4 is 73.7 Å². The van der Waals surface area contributed by atoms with Crippen molar-refractivity contribution in [3.8, 4) is 0 Å². The molecule has 0 bridgehead atoms. The van der Waals surface area contributed by atoms with Crippen LogP contribution in [-0.2, 0) is 4.74 Å². The third-order valence-electron chi connectivity index (χ3n) is 5.84. The van der Waals surface area contributed by atoms with E-state index in [0.717, 1.165) is 42.2 Å². The molecule has 0 spiro atoms. The van der Waals surface area contributed by atoms with E-state index in [1.54, 1.807) is 0 Å². The van der Waals surface area contributed by atoms with E-state index < -0.39 is 0 Å². The van der Waals surface area contributed by atoms with Gasteiger partial charge >= 0.3 is 5.97 Å². The van der Waals surface area contributed by atoms with E-state index in [-0.39, 0.29) is 11.6 Å². The van der Waals surface area contributed by atoms with Crippen LogP contribution in [0.2, 0.25) is 0 Å². The number of piperidine rings is 1. The highest BCUT2D eigenvalue weighted by atomic mass is 127. The van der Waals surface area contributed by atoms with Gasteiger partial charge in [-0.2, -0.15) is 0 Å². The molecule has 6 heteroatoms. The van der Waals surface area contributed by atoms with Crippen molar-refractivity contribution in [2.75, 3.05) is 13.1 Å². The van der Waals surface area contributed by atoms with Crippen molar-refractivity contribution < 1.29 is 9.53 Å². The van der Waals surface area contributed by atoms with Gasteiger partial charge in [-0.1, -0.05) is 12.8 Å². The summed E-state index contributed by atoms with van der Waals surface area (Å²) in [5, 5.41) is 3.44. The minimum atomic E-state index is -0.342. The Morgan fingerprint density at radius 1 is 1.08 bits per heavy atom. The number of carbonyl (C=O) groups excluding carboxylic acids is 1. The quantitative estimate of drug-likeness (QED) is 0.256. The van der Waals surface area contributed by atoms with Gasteiger partial charge in [0.1, 0.15) is 5.60 Å². The summed E-state index contributed by atoms with van der Waals surface area (Å²) in [7, 11) is 0. The summed E-state index contributed by atoms with van der Waals surface area (Å²) >= 11 is 6.84. The molecule has 138 valence electrons. The highest BCUT2D eigenvalue weighted by molar-refractivity contribution is 14.1. The van der Waals surface area contributed by atoms with Crippen LogP contribution in [-0.4, -0.2) is 24.7 Å². The van der Waals surface area contributed by atoms with E-state index in [4.69, 9.17) is 4.74 Å². The lowest BCUT2D eigenvalue weighted by Gasteiger charge is -2.43. The monoisotopic (exact) mass is 679 g/mol. The van der Waals surface area contributed by atoms with E-state index in [1.165, 1.54) is 25.7 Å². The molecule has 1 atom stereocenters. The molecule has 1 N–H and O–H groups in total.